The summed E-state index contributed by atoms with van der Waals surface area (Å²) in [6, 6.07) is 9.01. The number of urea groups is 1. The maximum Gasteiger partial charge on any atom is 0.326 e. The molecule has 4 rings (SSSR count). The molecule has 0 unspecified atom stereocenters. The molecule has 0 fully saturated rings. The molecule has 1 aromatic carbocycles. The second-order valence-electron chi connectivity index (χ2n) is 7.09. The van der Waals surface area contributed by atoms with Gasteiger partial charge in [0.05, 0.1) is 24.0 Å². The van der Waals surface area contributed by atoms with Crippen molar-refractivity contribution in [2.24, 2.45) is 0 Å². The predicted octanol–water partition coefficient (Wildman–Crippen LogP) is 5.03. The average molecular weight is 442 g/mol. The lowest BCUT2D eigenvalue weighted by molar-refractivity contribution is 0.258. The van der Waals surface area contributed by atoms with E-state index in [0.717, 1.165) is 37.0 Å². The number of methoxy groups -OCH3 is 1. The van der Waals surface area contributed by atoms with Crippen LogP contribution in [0.2, 0.25) is 5.02 Å². The fourth-order valence-electron chi connectivity index (χ4n) is 3.52. The first-order valence-corrected chi connectivity index (χ1v) is 10.1. The van der Waals surface area contributed by atoms with Gasteiger partial charge in [0.25, 0.3) is 0 Å². The average Bonchev–Trinajstić information content (AvgIpc) is 2.80. The first-order chi connectivity index (χ1) is 15.0. The maximum atomic E-state index is 14.0. The fraction of sp³-hybridized carbons (Fsp3) is 0.227. The quantitative estimate of drug-likeness (QED) is 0.614. The number of carbonyl (C=O) groups excluding carboxylic acids is 1. The molecule has 0 spiro atoms. The minimum atomic E-state index is -0.705. The molecule has 0 bridgehead atoms. The second-order valence-corrected chi connectivity index (χ2v) is 7.50. The highest BCUT2D eigenvalue weighted by molar-refractivity contribution is 6.33. The van der Waals surface area contributed by atoms with Crippen LogP contribution < -0.4 is 19.9 Å². The monoisotopic (exact) mass is 441 g/mol. The van der Waals surface area contributed by atoms with Crippen molar-refractivity contribution < 1.29 is 13.9 Å². The smallest absolute Gasteiger partial charge is 0.326 e. The van der Waals surface area contributed by atoms with E-state index < -0.39 is 11.8 Å². The molecule has 0 aliphatic carbocycles. The molecule has 1 aliphatic heterocycles. The van der Waals surface area contributed by atoms with E-state index in [0.29, 0.717) is 11.5 Å². The van der Waals surface area contributed by atoms with Crippen molar-refractivity contribution in [1.82, 2.24) is 9.97 Å². The number of hydrogen-bond acceptors (Lipinski definition) is 5. The van der Waals surface area contributed by atoms with E-state index in [1.54, 1.807) is 26.4 Å². The summed E-state index contributed by atoms with van der Waals surface area (Å²) in [4.78, 5) is 24.3. The third kappa shape index (κ3) is 4.25. The van der Waals surface area contributed by atoms with Crippen molar-refractivity contribution in [2.75, 3.05) is 35.8 Å². The van der Waals surface area contributed by atoms with E-state index in [9.17, 15) is 9.18 Å². The van der Waals surface area contributed by atoms with Gasteiger partial charge in [-0.1, -0.05) is 17.7 Å². The summed E-state index contributed by atoms with van der Waals surface area (Å²) in [6.07, 6.45) is 5.88. The van der Waals surface area contributed by atoms with Crippen LogP contribution in [0.25, 0.3) is 0 Å². The zero-order valence-electron chi connectivity index (χ0n) is 17.1. The Kier molecular flexibility index (Phi) is 5.90. The van der Waals surface area contributed by atoms with Crippen LogP contribution in [0, 0.1) is 5.82 Å². The van der Waals surface area contributed by atoms with Gasteiger partial charge in [0.2, 0.25) is 0 Å². The molecule has 1 aliphatic rings. The van der Waals surface area contributed by atoms with E-state index in [-0.39, 0.29) is 10.7 Å². The number of ether oxygens (including phenoxy) is 1. The van der Waals surface area contributed by atoms with Gasteiger partial charge in [0.1, 0.15) is 17.3 Å². The van der Waals surface area contributed by atoms with Crippen LogP contribution in [-0.2, 0) is 6.42 Å². The number of nitrogens with zero attached hydrogens (tertiary/aromatic N) is 4. The van der Waals surface area contributed by atoms with Gasteiger partial charge in [0, 0.05) is 43.8 Å². The maximum absolute atomic E-state index is 14.0. The van der Waals surface area contributed by atoms with E-state index in [2.05, 4.69) is 26.3 Å². The van der Waals surface area contributed by atoms with Crippen molar-refractivity contribution in [3.05, 3.63) is 65.3 Å². The molecule has 0 saturated heterocycles. The van der Waals surface area contributed by atoms with Crippen molar-refractivity contribution in [1.29, 1.82) is 0 Å². The number of carbonyl (C=O) groups is 1. The highest BCUT2D eigenvalue weighted by Gasteiger charge is 2.22. The third-order valence-corrected chi connectivity index (χ3v) is 5.48. The molecule has 7 nitrogen and oxygen atoms in total. The van der Waals surface area contributed by atoms with Gasteiger partial charge in [0.15, 0.2) is 5.82 Å². The number of rotatable bonds is 4. The van der Waals surface area contributed by atoms with Crippen LogP contribution in [0.4, 0.5) is 32.1 Å². The third-order valence-electron chi connectivity index (χ3n) is 5.19. The number of hydrogen-bond donors (Lipinski definition) is 1. The molecule has 2 amide bonds. The molecule has 0 radical (unpaired) electrons. The van der Waals surface area contributed by atoms with E-state index in [4.69, 9.17) is 16.3 Å². The number of halogens is 2. The van der Waals surface area contributed by atoms with Crippen molar-refractivity contribution in [3.8, 4) is 5.75 Å². The number of amides is 2. The summed E-state index contributed by atoms with van der Waals surface area (Å²) in [5.74, 6) is 0.776. The Hall–Kier alpha value is -3.39. The highest BCUT2D eigenvalue weighted by atomic mass is 35.5. The second kappa shape index (κ2) is 8.77. The van der Waals surface area contributed by atoms with Crippen molar-refractivity contribution in [2.45, 2.75) is 12.8 Å². The normalized spacial score (nSPS) is 12.8. The number of aromatic nitrogens is 2. The molecular weight excluding hydrogens is 421 g/mol. The zero-order chi connectivity index (χ0) is 22.0. The van der Waals surface area contributed by atoms with Gasteiger partial charge in [-0.15, -0.1) is 0 Å². The first kappa shape index (κ1) is 20.9. The zero-order valence-corrected chi connectivity index (χ0v) is 17.9. The summed E-state index contributed by atoms with van der Waals surface area (Å²) >= 11 is 5.96. The molecule has 0 atom stereocenters. The molecule has 0 saturated carbocycles. The number of aryl methyl sites for hydroxylation is 1. The van der Waals surface area contributed by atoms with Crippen LogP contribution in [0.3, 0.4) is 0 Å². The van der Waals surface area contributed by atoms with Gasteiger partial charge in [-0.3, -0.25) is 9.88 Å². The SMILES string of the molecule is COc1ccc2c(c1)N(c1cc(N(C)C(=O)Nc3c(F)cncc3Cl)ccn1)CCC2. The molecule has 3 aromatic rings. The minimum absolute atomic E-state index is 0.0241. The van der Waals surface area contributed by atoms with E-state index in [1.165, 1.54) is 16.7 Å². The molecular formula is C22H21ClFN5O2. The first-order valence-electron chi connectivity index (χ1n) is 9.72. The van der Waals surface area contributed by atoms with E-state index in [1.807, 2.05) is 18.2 Å². The molecule has 31 heavy (non-hydrogen) atoms. The summed E-state index contributed by atoms with van der Waals surface area (Å²) in [5.41, 5.74) is 2.74. The van der Waals surface area contributed by atoms with E-state index >= 15 is 0 Å². The molecule has 9 heteroatoms. The lowest BCUT2D eigenvalue weighted by atomic mass is 10.0. The van der Waals surface area contributed by atoms with Gasteiger partial charge in [-0.25, -0.2) is 14.2 Å². The Morgan fingerprint density at radius 3 is 2.90 bits per heavy atom. The fourth-order valence-corrected chi connectivity index (χ4v) is 3.72. The number of anilines is 4. The van der Waals surface area contributed by atoms with Crippen LogP contribution in [0.5, 0.6) is 5.75 Å². The summed E-state index contributed by atoms with van der Waals surface area (Å²) in [6.45, 7) is 0.796. The van der Waals surface area contributed by atoms with Crippen LogP contribution in [0.1, 0.15) is 12.0 Å². The topological polar surface area (TPSA) is 70.6 Å². The largest absolute Gasteiger partial charge is 0.497 e. The molecule has 2 aromatic heterocycles. The number of benzene rings is 1. The molecule has 3 heterocycles. The Bertz CT molecular complexity index is 1110. The number of fused-ring (bicyclic) bond motifs is 1. The van der Waals surface area contributed by atoms with Gasteiger partial charge in [-0.2, -0.15) is 0 Å². The van der Waals surface area contributed by atoms with Crippen LogP contribution >= 0.6 is 11.6 Å². The predicted molar refractivity (Wildman–Crippen MR) is 119 cm³/mol. The number of pyridine rings is 2. The van der Waals surface area contributed by atoms with Gasteiger partial charge >= 0.3 is 6.03 Å². The molecule has 160 valence electrons. The lowest BCUT2D eigenvalue weighted by Crippen LogP contribution is -2.32. The Labute approximate surface area is 184 Å². The van der Waals surface area contributed by atoms with Crippen molar-refractivity contribution in [3.63, 3.8) is 0 Å². The van der Waals surface area contributed by atoms with Crippen LogP contribution in [0.15, 0.2) is 48.9 Å². The van der Waals surface area contributed by atoms with Crippen LogP contribution in [-0.4, -0.2) is 36.7 Å². The van der Waals surface area contributed by atoms with Gasteiger partial charge in [-0.05, 0) is 30.5 Å². The lowest BCUT2D eigenvalue weighted by Gasteiger charge is -2.31. The standard InChI is InChI=1S/C22H21ClFN5O2/c1-28(22(30)27-21-17(23)12-25-13-18(21)24)15-7-8-26-20(10-15)29-9-3-4-14-5-6-16(31-2)11-19(14)29/h5-8,10-13H,3-4,9H2,1-2H3,(H,25,27,30). The van der Waals surface area contributed by atoms with Gasteiger partial charge < -0.3 is 15.0 Å². The van der Waals surface area contributed by atoms with Crippen molar-refractivity contribution >= 4 is 40.5 Å². The Morgan fingerprint density at radius 1 is 1.29 bits per heavy atom. The minimum Gasteiger partial charge on any atom is -0.497 e. The summed E-state index contributed by atoms with van der Waals surface area (Å²) < 4.78 is 19.4. The Morgan fingerprint density at radius 2 is 2.13 bits per heavy atom. The highest BCUT2D eigenvalue weighted by Crippen LogP contribution is 2.36. The molecule has 1 N–H and O–H groups in total. The Balaban J connectivity index is 1.60. The summed E-state index contributed by atoms with van der Waals surface area (Å²) in [7, 11) is 3.23. The summed E-state index contributed by atoms with van der Waals surface area (Å²) in [5, 5.41) is 2.52. The number of nitrogens with one attached hydrogen (secondary N) is 1.